The van der Waals surface area contributed by atoms with Crippen molar-refractivity contribution in [1.29, 1.82) is 0 Å². The van der Waals surface area contributed by atoms with Crippen molar-refractivity contribution in [3.8, 4) is 0 Å². The van der Waals surface area contributed by atoms with Crippen molar-refractivity contribution < 1.29 is 19.5 Å². The summed E-state index contributed by atoms with van der Waals surface area (Å²) >= 11 is 0. The SMILES string of the molecule is CCC1C(=O)NC(=O)CN1CC(C(=O)O)c1ccccc1. The van der Waals surface area contributed by atoms with Crippen molar-refractivity contribution in [2.45, 2.75) is 25.3 Å². The zero-order valence-electron chi connectivity index (χ0n) is 11.8. The topological polar surface area (TPSA) is 86.7 Å². The number of carbonyl (C=O) groups is 3. The summed E-state index contributed by atoms with van der Waals surface area (Å²) in [6.45, 7) is 2.02. The molecule has 1 aliphatic rings. The molecule has 1 aliphatic heterocycles. The summed E-state index contributed by atoms with van der Waals surface area (Å²) in [4.78, 5) is 36.5. The Hall–Kier alpha value is -2.21. The molecule has 6 nitrogen and oxygen atoms in total. The van der Waals surface area contributed by atoms with Crippen LogP contribution in [0.4, 0.5) is 0 Å². The van der Waals surface area contributed by atoms with Gasteiger partial charge in [-0.2, -0.15) is 0 Å². The molecule has 0 aliphatic carbocycles. The highest BCUT2D eigenvalue weighted by atomic mass is 16.4. The van der Waals surface area contributed by atoms with Gasteiger partial charge in [-0.15, -0.1) is 0 Å². The minimum atomic E-state index is -0.963. The fourth-order valence-corrected chi connectivity index (χ4v) is 2.60. The maximum absolute atomic E-state index is 11.8. The number of piperazine rings is 1. The molecule has 2 unspecified atom stereocenters. The fourth-order valence-electron chi connectivity index (χ4n) is 2.60. The maximum atomic E-state index is 11.8. The number of imide groups is 1. The lowest BCUT2D eigenvalue weighted by molar-refractivity contribution is -0.144. The van der Waals surface area contributed by atoms with E-state index in [0.717, 1.165) is 0 Å². The average molecular weight is 290 g/mol. The van der Waals surface area contributed by atoms with E-state index >= 15 is 0 Å². The van der Waals surface area contributed by atoms with Crippen LogP contribution in [0.5, 0.6) is 0 Å². The monoisotopic (exact) mass is 290 g/mol. The average Bonchev–Trinajstić information content (AvgIpc) is 2.45. The normalized spacial score (nSPS) is 20.9. The Balaban J connectivity index is 2.21. The molecular weight excluding hydrogens is 272 g/mol. The van der Waals surface area contributed by atoms with Gasteiger partial charge in [0, 0.05) is 6.54 Å². The number of hydrogen-bond donors (Lipinski definition) is 2. The second-order valence-corrected chi connectivity index (χ2v) is 5.07. The van der Waals surface area contributed by atoms with Gasteiger partial charge in [0.1, 0.15) is 0 Å². The third kappa shape index (κ3) is 3.46. The number of amides is 2. The Morgan fingerprint density at radius 1 is 1.38 bits per heavy atom. The lowest BCUT2D eigenvalue weighted by Gasteiger charge is -2.34. The largest absolute Gasteiger partial charge is 0.481 e. The van der Waals surface area contributed by atoms with E-state index in [4.69, 9.17) is 0 Å². The van der Waals surface area contributed by atoms with Crippen LogP contribution in [0.2, 0.25) is 0 Å². The van der Waals surface area contributed by atoms with Crippen molar-refractivity contribution >= 4 is 17.8 Å². The van der Waals surface area contributed by atoms with Gasteiger partial charge >= 0.3 is 5.97 Å². The summed E-state index contributed by atoms with van der Waals surface area (Å²) in [5.41, 5.74) is 0.665. The molecule has 2 atom stereocenters. The first-order valence-corrected chi connectivity index (χ1v) is 6.88. The number of rotatable bonds is 5. The van der Waals surface area contributed by atoms with Gasteiger partial charge in [0.15, 0.2) is 0 Å². The van der Waals surface area contributed by atoms with Gasteiger partial charge in [-0.3, -0.25) is 24.6 Å². The zero-order chi connectivity index (χ0) is 15.4. The highest BCUT2D eigenvalue weighted by Gasteiger charge is 2.35. The highest BCUT2D eigenvalue weighted by molar-refractivity contribution is 6.01. The van der Waals surface area contributed by atoms with Crippen LogP contribution < -0.4 is 5.32 Å². The quantitative estimate of drug-likeness (QED) is 0.775. The zero-order valence-corrected chi connectivity index (χ0v) is 11.8. The Bertz CT molecular complexity index is 544. The third-order valence-electron chi connectivity index (χ3n) is 3.66. The van der Waals surface area contributed by atoms with E-state index in [0.29, 0.717) is 12.0 Å². The molecule has 0 radical (unpaired) electrons. The number of carbonyl (C=O) groups excluding carboxylic acids is 2. The highest BCUT2D eigenvalue weighted by Crippen LogP contribution is 2.20. The molecule has 1 aromatic rings. The maximum Gasteiger partial charge on any atom is 0.312 e. The van der Waals surface area contributed by atoms with Gasteiger partial charge in [-0.25, -0.2) is 0 Å². The van der Waals surface area contributed by atoms with Crippen molar-refractivity contribution in [2.75, 3.05) is 13.1 Å². The van der Waals surface area contributed by atoms with Gasteiger partial charge in [-0.1, -0.05) is 37.3 Å². The second-order valence-electron chi connectivity index (χ2n) is 5.07. The van der Waals surface area contributed by atoms with Crippen molar-refractivity contribution in [3.05, 3.63) is 35.9 Å². The predicted octanol–water partition coefficient (Wildman–Crippen LogP) is 0.592. The molecule has 2 N–H and O–H groups in total. The van der Waals surface area contributed by atoms with Crippen LogP contribution in [0.15, 0.2) is 30.3 Å². The van der Waals surface area contributed by atoms with E-state index in [1.807, 2.05) is 13.0 Å². The Labute approximate surface area is 122 Å². The number of aliphatic carboxylic acids is 1. The van der Waals surface area contributed by atoms with Crippen LogP contribution in [-0.2, 0) is 14.4 Å². The number of benzene rings is 1. The van der Waals surface area contributed by atoms with Crippen molar-refractivity contribution in [1.82, 2.24) is 10.2 Å². The van der Waals surface area contributed by atoms with Crippen LogP contribution in [0.1, 0.15) is 24.8 Å². The van der Waals surface area contributed by atoms with Gasteiger partial charge in [-0.05, 0) is 12.0 Å². The van der Waals surface area contributed by atoms with E-state index in [1.165, 1.54) is 0 Å². The molecule has 0 saturated carbocycles. The first kappa shape index (κ1) is 15.2. The fraction of sp³-hybridized carbons (Fsp3) is 0.400. The predicted molar refractivity (Wildman–Crippen MR) is 75.6 cm³/mol. The summed E-state index contributed by atoms with van der Waals surface area (Å²) < 4.78 is 0. The van der Waals surface area contributed by atoms with Crippen LogP contribution in [0.3, 0.4) is 0 Å². The number of carboxylic acid groups (broad SMARTS) is 1. The van der Waals surface area contributed by atoms with Crippen LogP contribution in [0.25, 0.3) is 0 Å². The molecule has 2 amide bonds. The number of nitrogens with zero attached hydrogens (tertiary/aromatic N) is 1. The molecule has 0 aromatic heterocycles. The minimum absolute atomic E-state index is 0.0425. The Morgan fingerprint density at radius 2 is 2.05 bits per heavy atom. The molecule has 2 rings (SSSR count). The summed E-state index contributed by atoms with van der Waals surface area (Å²) in [7, 11) is 0. The molecule has 21 heavy (non-hydrogen) atoms. The Morgan fingerprint density at radius 3 is 2.62 bits per heavy atom. The number of nitrogens with one attached hydrogen (secondary N) is 1. The van der Waals surface area contributed by atoms with E-state index in [1.54, 1.807) is 29.2 Å². The molecule has 6 heteroatoms. The molecule has 1 saturated heterocycles. The molecule has 0 bridgehead atoms. The van der Waals surface area contributed by atoms with Crippen LogP contribution >= 0.6 is 0 Å². The smallest absolute Gasteiger partial charge is 0.312 e. The van der Waals surface area contributed by atoms with E-state index in [9.17, 15) is 19.5 Å². The first-order valence-electron chi connectivity index (χ1n) is 6.88. The number of hydrogen-bond acceptors (Lipinski definition) is 4. The van der Waals surface area contributed by atoms with E-state index in [-0.39, 0.29) is 24.9 Å². The second kappa shape index (κ2) is 6.49. The lowest BCUT2D eigenvalue weighted by Crippen LogP contribution is -2.58. The van der Waals surface area contributed by atoms with Crippen molar-refractivity contribution in [2.24, 2.45) is 0 Å². The molecular formula is C15H18N2O4. The van der Waals surface area contributed by atoms with Gasteiger partial charge < -0.3 is 5.11 Å². The minimum Gasteiger partial charge on any atom is -0.481 e. The molecule has 112 valence electrons. The standard InChI is InChI=1S/C15H18N2O4/c1-2-12-14(19)16-13(18)9-17(12)8-11(15(20)21)10-6-4-3-5-7-10/h3-7,11-12H,2,8-9H2,1H3,(H,20,21)(H,16,18,19). The van der Waals surface area contributed by atoms with Gasteiger partial charge in [0.2, 0.25) is 11.8 Å². The summed E-state index contributed by atoms with van der Waals surface area (Å²) in [6, 6.07) is 8.38. The van der Waals surface area contributed by atoms with E-state index in [2.05, 4.69) is 5.32 Å². The lowest BCUT2D eigenvalue weighted by atomic mass is 9.97. The van der Waals surface area contributed by atoms with E-state index < -0.39 is 17.9 Å². The van der Waals surface area contributed by atoms with Crippen LogP contribution in [-0.4, -0.2) is 46.9 Å². The van der Waals surface area contributed by atoms with Gasteiger partial charge in [0.05, 0.1) is 18.5 Å². The summed E-state index contributed by atoms with van der Waals surface area (Å²) in [5.74, 6) is -2.47. The van der Waals surface area contributed by atoms with Crippen molar-refractivity contribution in [3.63, 3.8) is 0 Å². The summed E-state index contributed by atoms with van der Waals surface area (Å²) in [6.07, 6.45) is 0.528. The first-order chi connectivity index (χ1) is 10.0. The van der Waals surface area contributed by atoms with Crippen LogP contribution in [0, 0.1) is 0 Å². The molecule has 1 heterocycles. The third-order valence-corrected chi connectivity index (χ3v) is 3.66. The molecule has 0 spiro atoms. The Kier molecular flexibility index (Phi) is 4.70. The molecule has 1 aromatic carbocycles. The number of carboxylic acids is 1. The molecule has 1 fully saturated rings. The van der Waals surface area contributed by atoms with Gasteiger partial charge in [0.25, 0.3) is 0 Å². The summed E-state index contributed by atoms with van der Waals surface area (Å²) in [5, 5.41) is 11.7.